The molecule has 0 fully saturated rings. The molecule has 0 spiro atoms. The van der Waals surface area contributed by atoms with Crippen LogP contribution < -0.4 is 5.32 Å². The zero-order valence-electron chi connectivity index (χ0n) is 51.5. The molecule has 2 atom stereocenters. The van der Waals surface area contributed by atoms with E-state index in [4.69, 9.17) is 4.74 Å². The number of rotatable bonds is 65. The van der Waals surface area contributed by atoms with E-state index in [0.717, 1.165) is 44.9 Å². The predicted molar refractivity (Wildman–Crippen MR) is 333 cm³/mol. The molecule has 0 radical (unpaired) electrons. The van der Waals surface area contributed by atoms with Crippen LogP contribution in [0.25, 0.3) is 0 Å². The van der Waals surface area contributed by atoms with Gasteiger partial charge in [0.05, 0.1) is 25.4 Å². The number of amides is 1. The summed E-state index contributed by atoms with van der Waals surface area (Å²) in [5.74, 6) is -0.0540. The van der Waals surface area contributed by atoms with E-state index < -0.39 is 12.1 Å². The Balaban J connectivity index is 3.39. The predicted octanol–water partition coefficient (Wildman–Crippen LogP) is 22.1. The van der Waals surface area contributed by atoms with Gasteiger partial charge < -0.3 is 20.3 Å². The topological polar surface area (TPSA) is 95.9 Å². The van der Waals surface area contributed by atoms with Crippen molar-refractivity contribution in [1.82, 2.24) is 5.32 Å². The number of aliphatic hydroxyl groups excluding tert-OH is 2. The Morgan fingerprint density at radius 1 is 0.355 bits per heavy atom. The molecule has 450 valence electrons. The molecular formula is C70H135NO5. The zero-order valence-corrected chi connectivity index (χ0v) is 51.5. The number of allylic oxidation sites excluding steroid dienone is 3. The molecular weight excluding hydrogens is 935 g/mol. The fourth-order valence-corrected chi connectivity index (χ4v) is 10.9. The minimum absolute atomic E-state index is 0.0106. The van der Waals surface area contributed by atoms with Crippen LogP contribution in [0.3, 0.4) is 0 Å². The molecule has 0 aromatic rings. The highest BCUT2D eigenvalue weighted by Gasteiger charge is 2.18. The van der Waals surface area contributed by atoms with Crippen LogP contribution in [0.15, 0.2) is 24.3 Å². The molecule has 76 heavy (non-hydrogen) atoms. The Morgan fingerprint density at radius 3 is 0.934 bits per heavy atom. The second-order valence-corrected chi connectivity index (χ2v) is 23.9. The maximum Gasteiger partial charge on any atom is 0.305 e. The third-order valence-corrected chi connectivity index (χ3v) is 16.2. The summed E-state index contributed by atoms with van der Waals surface area (Å²) in [4.78, 5) is 24.6. The molecule has 0 aromatic heterocycles. The summed E-state index contributed by atoms with van der Waals surface area (Å²) in [5, 5.41) is 23.2. The lowest BCUT2D eigenvalue weighted by molar-refractivity contribution is -0.143. The number of carbonyl (C=O) groups is 2. The van der Waals surface area contributed by atoms with Gasteiger partial charge in [-0.1, -0.05) is 340 Å². The molecule has 0 aromatic carbocycles. The summed E-state index contributed by atoms with van der Waals surface area (Å²) in [6.45, 7) is 4.93. The molecule has 1 amide bonds. The Bertz CT molecular complexity index is 1190. The van der Waals surface area contributed by atoms with Gasteiger partial charge >= 0.3 is 5.97 Å². The van der Waals surface area contributed by atoms with Gasteiger partial charge in [0.25, 0.3) is 0 Å². The van der Waals surface area contributed by atoms with Gasteiger partial charge in [-0.05, 0) is 57.8 Å². The third kappa shape index (κ3) is 61.6. The van der Waals surface area contributed by atoms with Gasteiger partial charge in [0.2, 0.25) is 5.91 Å². The third-order valence-electron chi connectivity index (χ3n) is 16.2. The highest BCUT2D eigenvalue weighted by atomic mass is 16.5. The number of hydrogen-bond donors (Lipinski definition) is 3. The Hall–Kier alpha value is -1.66. The second kappa shape index (κ2) is 65.9. The van der Waals surface area contributed by atoms with Crippen molar-refractivity contribution < 1.29 is 24.5 Å². The van der Waals surface area contributed by atoms with Gasteiger partial charge in [-0.2, -0.15) is 0 Å². The molecule has 0 saturated heterocycles. The molecule has 0 aliphatic heterocycles. The molecule has 6 heteroatoms. The van der Waals surface area contributed by atoms with Gasteiger partial charge in [0.1, 0.15) is 0 Å². The maximum atomic E-state index is 12.5. The van der Waals surface area contributed by atoms with Crippen molar-refractivity contribution >= 4 is 11.9 Å². The lowest BCUT2D eigenvalue weighted by Crippen LogP contribution is -2.45. The SMILES string of the molecule is CCCCCCCCC/C=C\CCCCCCCCCC(=O)OCCCCCCCCCCCCCCCCCCCCCCCCC(=O)NC(CO)C(O)/C=C/CCCCCCCCCCCCCCCCCCC. The molecule has 0 rings (SSSR count). The van der Waals surface area contributed by atoms with Crippen LogP contribution in [0.4, 0.5) is 0 Å². The first kappa shape index (κ1) is 74.3. The highest BCUT2D eigenvalue weighted by molar-refractivity contribution is 5.76. The van der Waals surface area contributed by atoms with E-state index in [1.165, 1.54) is 315 Å². The first-order valence-corrected chi connectivity index (χ1v) is 34.6. The standard InChI is InChI=1S/C70H135NO5/c1-3-5-7-9-11-13-15-17-19-21-27-30-34-38-42-46-50-54-58-62-68(73)67(66-72)71-69(74)63-59-55-51-47-43-39-35-31-28-25-23-24-26-29-33-37-41-45-49-53-57-61-65-76-70(75)64-60-56-52-48-44-40-36-32-22-20-18-16-14-12-10-8-6-4-2/h20,22,58,62,67-68,72-73H,3-19,21,23-57,59-61,63-66H2,1-2H3,(H,71,74)/b22-20-,62-58+. The average Bonchev–Trinajstić information content (AvgIpc) is 3.42. The van der Waals surface area contributed by atoms with Gasteiger partial charge in [-0.3, -0.25) is 9.59 Å². The van der Waals surface area contributed by atoms with E-state index in [0.29, 0.717) is 19.4 Å². The van der Waals surface area contributed by atoms with Gasteiger partial charge in [-0.25, -0.2) is 0 Å². The molecule has 0 aliphatic rings. The van der Waals surface area contributed by atoms with Crippen molar-refractivity contribution in [2.24, 2.45) is 0 Å². The summed E-state index contributed by atoms with van der Waals surface area (Å²) in [6.07, 6.45) is 82.4. The summed E-state index contributed by atoms with van der Waals surface area (Å²) in [7, 11) is 0. The summed E-state index contributed by atoms with van der Waals surface area (Å²) < 4.78 is 5.50. The van der Waals surface area contributed by atoms with Crippen molar-refractivity contribution in [3.05, 3.63) is 24.3 Å². The summed E-state index contributed by atoms with van der Waals surface area (Å²) in [5.41, 5.74) is 0. The van der Waals surface area contributed by atoms with E-state index in [1.807, 2.05) is 6.08 Å². The Kier molecular flexibility index (Phi) is 64.4. The van der Waals surface area contributed by atoms with Crippen LogP contribution >= 0.6 is 0 Å². The van der Waals surface area contributed by atoms with E-state index in [-0.39, 0.29) is 18.5 Å². The van der Waals surface area contributed by atoms with Crippen molar-refractivity contribution in [3.63, 3.8) is 0 Å². The van der Waals surface area contributed by atoms with Gasteiger partial charge in [-0.15, -0.1) is 0 Å². The molecule has 2 unspecified atom stereocenters. The normalized spacial score (nSPS) is 12.6. The van der Waals surface area contributed by atoms with Crippen LogP contribution in [0.2, 0.25) is 0 Å². The minimum Gasteiger partial charge on any atom is -0.466 e. The second-order valence-electron chi connectivity index (χ2n) is 23.9. The van der Waals surface area contributed by atoms with E-state index in [1.54, 1.807) is 6.08 Å². The molecule has 6 nitrogen and oxygen atoms in total. The maximum absolute atomic E-state index is 12.5. The Labute approximate surface area is 475 Å². The monoisotopic (exact) mass is 1070 g/mol. The van der Waals surface area contributed by atoms with Crippen LogP contribution in [0.1, 0.15) is 386 Å². The number of ether oxygens (including phenoxy) is 1. The molecule has 0 aliphatic carbocycles. The fraction of sp³-hybridized carbons (Fsp3) is 0.914. The zero-order chi connectivity index (χ0) is 55.0. The number of carbonyl (C=O) groups excluding carboxylic acids is 2. The number of hydrogen-bond acceptors (Lipinski definition) is 5. The van der Waals surface area contributed by atoms with Crippen molar-refractivity contribution in [2.75, 3.05) is 13.2 Å². The van der Waals surface area contributed by atoms with E-state index >= 15 is 0 Å². The molecule has 0 saturated carbocycles. The van der Waals surface area contributed by atoms with Crippen molar-refractivity contribution in [3.8, 4) is 0 Å². The summed E-state index contributed by atoms with van der Waals surface area (Å²) in [6, 6.07) is -0.629. The first-order chi connectivity index (χ1) is 37.5. The number of unbranched alkanes of at least 4 members (excludes halogenated alkanes) is 52. The summed E-state index contributed by atoms with van der Waals surface area (Å²) >= 11 is 0. The lowest BCUT2D eigenvalue weighted by Gasteiger charge is -2.20. The Morgan fingerprint density at radius 2 is 0.618 bits per heavy atom. The van der Waals surface area contributed by atoms with E-state index in [2.05, 4.69) is 31.3 Å². The van der Waals surface area contributed by atoms with Crippen LogP contribution in [-0.2, 0) is 14.3 Å². The molecule has 0 heterocycles. The van der Waals surface area contributed by atoms with Gasteiger partial charge in [0, 0.05) is 12.8 Å². The van der Waals surface area contributed by atoms with E-state index in [9.17, 15) is 19.8 Å². The quantitative estimate of drug-likeness (QED) is 0.0320. The van der Waals surface area contributed by atoms with Gasteiger partial charge in [0.15, 0.2) is 0 Å². The minimum atomic E-state index is -0.845. The number of aliphatic hydroxyl groups is 2. The first-order valence-electron chi connectivity index (χ1n) is 34.6. The van der Waals surface area contributed by atoms with Crippen LogP contribution in [0, 0.1) is 0 Å². The fourth-order valence-electron chi connectivity index (χ4n) is 10.9. The largest absolute Gasteiger partial charge is 0.466 e. The van der Waals surface area contributed by atoms with Crippen LogP contribution in [-0.4, -0.2) is 47.4 Å². The van der Waals surface area contributed by atoms with Crippen LogP contribution in [0.5, 0.6) is 0 Å². The molecule has 0 bridgehead atoms. The lowest BCUT2D eigenvalue weighted by atomic mass is 10.0. The van der Waals surface area contributed by atoms with Crippen molar-refractivity contribution in [2.45, 2.75) is 398 Å². The molecule has 3 N–H and O–H groups in total. The van der Waals surface area contributed by atoms with Crippen molar-refractivity contribution in [1.29, 1.82) is 0 Å². The average molecular weight is 1070 g/mol. The highest BCUT2D eigenvalue weighted by Crippen LogP contribution is 2.18. The number of esters is 1. The smallest absolute Gasteiger partial charge is 0.305 e. The number of nitrogens with one attached hydrogen (secondary N) is 1.